The van der Waals surface area contributed by atoms with Crippen LogP contribution >= 0.6 is 0 Å². The Bertz CT molecular complexity index is 620. The Morgan fingerprint density at radius 2 is 1.80 bits per heavy atom. The highest BCUT2D eigenvalue weighted by molar-refractivity contribution is 7.89. The number of rotatable bonds is 6. The monoisotopic (exact) mass is 295 g/mol. The average Bonchev–Trinajstić information content (AvgIpc) is 3.29. The molecule has 20 heavy (non-hydrogen) atoms. The Kier molecular flexibility index (Phi) is 3.30. The summed E-state index contributed by atoms with van der Waals surface area (Å²) in [4.78, 5) is 11.0. The molecule has 0 amide bonds. The van der Waals surface area contributed by atoms with Crippen LogP contribution in [0, 0.1) is 11.8 Å². The van der Waals surface area contributed by atoms with Crippen LogP contribution in [0.1, 0.15) is 36.0 Å². The molecule has 1 aromatic carbocycles. The first-order chi connectivity index (χ1) is 9.47. The van der Waals surface area contributed by atoms with E-state index in [1.807, 2.05) is 0 Å². The van der Waals surface area contributed by atoms with E-state index in [0.717, 1.165) is 25.7 Å². The molecule has 6 heteroatoms. The lowest BCUT2D eigenvalue weighted by Crippen LogP contribution is -2.38. The fraction of sp³-hybridized carbons (Fsp3) is 0.500. The minimum atomic E-state index is -3.64. The minimum absolute atomic E-state index is 0.0118. The molecule has 5 nitrogen and oxygen atoms in total. The molecule has 0 heterocycles. The van der Waals surface area contributed by atoms with Gasteiger partial charge in [-0.05, 0) is 55.7 Å². The fourth-order valence-corrected chi connectivity index (χ4v) is 3.95. The van der Waals surface area contributed by atoms with Crippen LogP contribution in [0.4, 0.5) is 0 Å². The van der Waals surface area contributed by atoms with Crippen molar-refractivity contribution in [3.8, 4) is 0 Å². The van der Waals surface area contributed by atoms with Crippen molar-refractivity contribution in [1.29, 1.82) is 0 Å². The lowest BCUT2D eigenvalue weighted by atomic mass is 10.1. The van der Waals surface area contributed by atoms with E-state index in [4.69, 9.17) is 5.11 Å². The van der Waals surface area contributed by atoms with E-state index in [1.54, 1.807) is 0 Å². The molecule has 0 atom stereocenters. The normalized spacial score (nSPS) is 19.2. The third kappa shape index (κ3) is 2.86. The van der Waals surface area contributed by atoms with Gasteiger partial charge in [-0.25, -0.2) is 17.9 Å². The van der Waals surface area contributed by atoms with E-state index in [-0.39, 0.29) is 16.5 Å². The fourth-order valence-electron chi connectivity index (χ4n) is 2.53. The summed E-state index contributed by atoms with van der Waals surface area (Å²) in [5, 5.41) is 8.94. The minimum Gasteiger partial charge on any atom is -0.478 e. The van der Waals surface area contributed by atoms with E-state index in [1.165, 1.54) is 24.3 Å². The molecule has 0 spiro atoms. The van der Waals surface area contributed by atoms with Crippen molar-refractivity contribution < 1.29 is 18.3 Å². The second-order valence-corrected chi connectivity index (χ2v) is 7.37. The zero-order chi connectivity index (χ0) is 14.3. The molecule has 0 bridgehead atoms. The topological polar surface area (TPSA) is 83.5 Å². The summed E-state index contributed by atoms with van der Waals surface area (Å²) in [6, 6.07) is 5.52. The second-order valence-electron chi connectivity index (χ2n) is 5.65. The van der Waals surface area contributed by atoms with Gasteiger partial charge in [-0.3, -0.25) is 0 Å². The van der Waals surface area contributed by atoms with Crippen LogP contribution in [0.3, 0.4) is 0 Å². The number of benzene rings is 1. The average molecular weight is 295 g/mol. The zero-order valence-electron chi connectivity index (χ0n) is 11.0. The Balaban J connectivity index is 1.83. The number of carbonyl (C=O) groups is 1. The summed E-state index contributed by atoms with van der Waals surface area (Å²) < 4.78 is 27.5. The smallest absolute Gasteiger partial charge is 0.335 e. The molecule has 1 aromatic rings. The molecule has 3 rings (SSSR count). The predicted molar refractivity (Wildman–Crippen MR) is 73.0 cm³/mol. The highest BCUT2D eigenvalue weighted by Crippen LogP contribution is 2.45. The third-order valence-electron chi connectivity index (χ3n) is 3.94. The van der Waals surface area contributed by atoms with Gasteiger partial charge in [0.2, 0.25) is 10.0 Å². The molecular formula is C14H17NO4S. The number of nitrogens with one attached hydrogen (secondary N) is 1. The molecule has 2 N–H and O–H groups in total. The van der Waals surface area contributed by atoms with Crippen LogP contribution in [0.15, 0.2) is 29.2 Å². The van der Waals surface area contributed by atoms with Gasteiger partial charge < -0.3 is 5.11 Å². The van der Waals surface area contributed by atoms with Gasteiger partial charge in [0.15, 0.2) is 0 Å². The van der Waals surface area contributed by atoms with Gasteiger partial charge in [-0.15, -0.1) is 0 Å². The molecule has 0 radical (unpaired) electrons. The quantitative estimate of drug-likeness (QED) is 0.839. The lowest BCUT2D eigenvalue weighted by molar-refractivity contribution is 0.0696. The molecule has 108 valence electrons. The Hall–Kier alpha value is -1.40. The van der Waals surface area contributed by atoms with Crippen molar-refractivity contribution in [3.63, 3.8) is 0 Å². The summed E-state index contributed by atoms with van der Waals surface area (Å²) in [6.45, 7) is 0. The summed E-state index contributed by atoms with van der Waals surface area (Å²) in [6.07, 6.45) is 4.33. The first kappa shape index (κ1) is 13.6. The molecular weight excluding hydrogens is 278 g/mol. The van der Waals surface area contributed by atoms with Crippen molar-refractivity contribution in [2.24, 2.45) is 11.8 Å². The number of hydrogen-bond donors (Lipinski definition) is 2. The Morgan fingerprint density at radius 3 is 2.30 bits per heavy atom. The lowest BCUT2D eigenvalue weighted by Gasteiger charge is -2.17. The molecule has 0 saturated heterocycles. The molecule has 2 fully saturated rings. The van der Waals surface area contributed by atoms with Gasteiger partial charge in [0.25, 0.3) is 0 Å². The number of hydrogen-bond acceptors (Lipinski definition) is 3. The van der Waals surface area contributed by atoms with Crippen molar-refractivity contribution in [3.05, 3.63) is 29.8 Å². The largest absolute Gasteiger partial charge is 0.478 e. The van der Waals surface area contributed by atoms with Crippen LogP contribution in [-0.4, -0.2) is 25.5 Å². The van der Waals surface area contributed by atoms with E-state index < -0.39 is 16.0 Å². The van der Waals surface area contributed by atoms with Crippen molar-refractivity contribution in [2.45, 2.75) is 36.6 Å². The van der Waals surface area contributed by atoms with Gasteiger partial charge in [-0.2, -0.15) is 0 Å². The molecule has 2 saturated carbocycles. The predicted octanol–water partition coefficient (Wildman–Crippen LogP) is 1.85. The van der Waals surface area contributed by atoms with E-state index >= 15 is 0 Å². The van der Waals surface area contributed by atoms with Gasteiger partial charge in [0.1, 0.15) is 0 Å². The SMILES string of the molecule is O=C(O)c1cccc(S(=O)(=O)NC(C2CC2)C2CC2)c1. The van der Waals surface area contributed by atoms with Crippen LogP contribution < -0.4 is 4.72 Å². The van der Waals surface area contributed by atoms with Gasteiger partial charge in [0.05, 0.1) is 10.5 Å². The van der Waals surface area contributed by atoms with Crippen molar-refractivity contribution in [1.82, 2.24) is 4.72 Å². The first-order valence-corrected chi connectivity index (χ1v) is 8.31. The highest BCUT2D eigenvalue weighted by Gasteiger charge is 2.43. The molecule has 0 aromatic heterocycles. The molecule has 0 unspecified atom stereocenters. The standard InChI is InChI=1S/C14H17NO4S/c16-14(17)11-2-1-3-12(8-11)20(18,19)15-13(9-4-5-9)10-6-7-10/h1-3,8-10,13,15H,4-7H2,(H,16,17). The number of aromatic carboxylic acids is 1. The molecule has 2 aliphatic rings. The first-order valence-electron chi connectivity index (χ1n) is 6.83. The number of carboxylic acids is 1. The maximum absolute atomic E-state index is 12.4. The van der Waals surface area contributed by atoms with Crippen molar-refractivity contribution in [2.75, 3.05) is 0 Å². The second kappa shape index (κ2) is 4.86. The van der Waals surface area contributed by atoms with Gasteiger partial charge >= 0.3 is 5.97 Å². The van der Waals surface area contributed by atoms with Crippen LogP contribution in [0.2, 0.25) is 0 Å². The van der Waals surface area contributed by atoms with Gasteiger partial charge in [-0.1, -0.05) is 6.07 Å². The van der Waals surface area contributed by atoms with Crippen LogP contribution in [0.5, 0.6) is 0 Å². The number of carboxylic acid groups (broad SMARTS) is 1. The highest BCUT2D eigenvalue weighted by atomic mass is 32.2. The molecule has 0 aliphatic heterocycles. The summed E-state index contributed by atoms with van der Waals surface area (Å²) in [7, 11) is -3.64. The third-order valence-corrected chi connectivity index (χ3v) is 5.40. The summed E-state index contributed by atoms with van der Waals surface area (Å²) in [5.41, 5.74) is -0.0118. The maximum atomic E-state index is 12.4. The summed E-state index contributed by atoms with van der Waals surface area (Å²) >= 11 is 0. The van der Waals surface area contributed by atoms with Crippen LogP contribution in [0.25, 0.3) is 0 Å². The Labute approximate surface area is 118 Å². The van der Waals surface area contributed by atoms with E-state index in [2.05, 4.69) is 4.72 Å². The van der Waals surface area contributed by atoms with Crippen molar-refractivity contribution >= 4 is 16.0 Å². The van der Waals surface area contributed by atoms with E-state index in [9.17, 15) is 13.2 Å². The zero-order valence-corrected chi connectivity index (χ0v) is 11.8. The Morgan fingerprint density at radius 1 is 1.20 bits per heavy atom. The number of sulfonamides is 1. The summed E-state index contributed by atoms with van der Waals surface area (Å²) in [5.74, 6) is -0.206. The van der Waals surface area contributed by atoms with Gasteiger partial charge in [0, 0.05) is 6.04 Å². The van der Waals surface area contributed by atoms with E-state index in [0.29, 0.717) is 11.8 Å². The maximum Gasteiger partial charge on any atom is 0.335 e. The van der Waals surface area contributed by atoms with Crippen LogP contribution in [-0.2, 0) is 10.0 Å². The molecule has 2 aliphatic carbocycles.